The van der Waals surface area contributed by atoms with Crippen LogP contribution in [0.25, 0.3) is 0 Å². The molecule has 0 aliphatic rings. The number of methoxy groups -OCH3 is 1. The van der Waals surface area contributed by atoms with E-state index in [0.717, 1.165) is 5.56 Å². The van der Waals surface area contributed by atoms with Crippen LogP contribution in [0.3, 0.4) is 0 Å². The largest absolute Gasteiger partial charge is 0.495 e. The van der Waals surface area contributed by atoms with Crippen molar-refractivity contribution in [3.8, 4) is 5.75 Å². The molecule has 0 unspecified atom stereocenters. The van der Waals surface area contributed by atoms with Crippen LogP contribution in [0.2, 0.25) is 5.02 Å². The van der Waals surface area contributed by atoms with Crippen molar-refractivity contribution in [1.82, 2.24) is 15.3 Å². The summed E-state index contributed by atoms with van der Waals surface area (Å²) >= 11 is 5.98. The molecule has 0 fully saturated rings. The number of benzene rings is 1. The number of rotatable bonds is 6. The van der Waals surface area contributed by atoms with E-state index in [2.05, 4.69) is 20.6 Å². The van der Waals surface area contributed by atoms with Crippen LogP contribution in [0.4, 0.5) is 5.69 Å². The second-order valence-corrected chi connectivity index (χ2v) is 6.21. The van der Waals surface area contributed by atoms with Crippen LogP contribution in [0.1, 0.15) is 26.4 Å². The summed E-state index contributed by atoms with van der Waals surface area (Å²) < 4.78 is 5.21. The first-order valence-corrected chi connectivity index (χ1v) is 8.72. The molecule has 0 radical (unpaired) electrons. The Morgan fingerprint density at radius 2 is 1.96 bits per heavy atom. The Balaban J connectivity index is 1.71. The minimum Gasteiger partial charge on any atom is -0.495 e. The number of pyridine rings is 2. The first-order valence-electron chi connectivity index (χ1n) is 8.35. The molecular formula is C20H17ClN4O3. The molecule has 8 heteroatoms. The van der Waals surface area contributed by atoms with Gasteiger partial charge in [-0.05, 0) is 42.0 Å². The summed E-state index contributed by atoms with van der Waals surface area (Å²) in [6, 6.07) is 11.5. The molecule has 7 nitrogen and oxygen atoms in total. The van der Waals surface area contributed by atoms with Gasteiger partial charge in [0.2, 0.25) is 0 Å². The van der Waals surface area contributed by atoms with Crippen molar-refractivity contribution >= 4 is 29.1 Å². The first-order chi connectivity index (χ1) is 13.6. The number of hydrogen-bond donors (Lipinski definition) is 2. The quantitative estimate of drug-likeness (QED) is 0.666. The molecule has 0 saturated carbocycles. The lowest BCUT2D eigenvalue weighted by atomic mass is 10.2. The van der Waals surface area contributed by atoms with Gasteiger partial charge in [-0.1, -0.05) is 17.7 Å². The van der Waals surface area contributed by atoms with E-state index in [-0.39, 0.29) is 11.6 Å². The molecule has 3 aromatic rings. The zero-order chi connectivity index (χ0) is 19.9. The van der Waals surface area contributed by atoms with Gasteiger partial charge in [0, 0.05) is 35.7 Å². The molecule has 2 heterocycles. The molecule has 2 amide bonds. The lowest BCUT2D eigenvalue weighted by Gasteiger charge is -2.11. The minimum absolute atomic E-state index is 0.0936. The molecular weight excluding hydrogens is 380 g/mol. The Morgan fingerprint density at radius 3 is 2.71 bits per heavy atom. The fraction of sp³-hybridized carbons (Fsp3) is 0.100. The van der Waals surface area contributed by atoms with Crippen LogP contribution in [0.5, 0.6) is 5.75 Å². The van der Waals surface area contributed by atoms with Crippen molar-refractivity contribution in [1.29, 1.82) is 0 Å². The number of amides is 2. The fourth-order valence-electron chi connectivity index (χ4n) is 2.45. The third kappa shape index (κ3) is 4.83. The first kappa shape index (κ1) is 19.3. The van der Waals surface area contributed by atoms with E-state index >= 15 is 0 Å². The van der Waals surface area contributed by atoms with Gasteiger partial charge in [0.15, 0.2) is 0 Å². The van der Waals surface area contributed by atoms with Crippen molar-refractivity contribution in [3.63, 3.8) is 0 Å². The maximum atomic E-state index is 12.5. The van der Waals surface area contributed by atoms with Crippen LogP contribution in [0, 0.1) is 0 Å². The SMILES string of the molecule is COc1ccc(Cl)cc1NC(=O)c1cc(C(=O)NCc2cccnc2)ccn1. The van der Waals surface area contributed by atoms with Gasteiger partial charge in [0.1, 0.15) is 11.4 Å². The minimum atomic E-state index is -0.484. The van der Waals surface area contributed by atoms with Crippen molar-refractivity contribution in [2.45, 2.75) is 6.54 Å². The van der Waals surface area contributed by atoms with Crippen LogP contribution < -0.4 is 15.4 Å². The Hall–Kier alpha value is -3.45. The molecule has 0 atom stereocenters. The highest BCUT2D eigenvalue weighted by molar-refractivity contribution is 6.31. The van der Waals surface area contributed by atoms with E-state index in [9.17, 15) is 9.59 Å². The standard InChI is InChI=1S/C20H17ClN4O3/c1-28-18-5-4-15(21)10-16(18)25-20(27)17-9-14(6-8-23-17)19(26)24-12-13-3-2-7-22-11-13/h2-11H,12H2,1H3,(H,24,26)(H,25,27). The topological polar surface area (TPSA) is 93.2 Å². The van der Waals surface area contributed by atoms with Gasteiger partial charge in [-0.3, -0.25) is 19.6 Å². The zero-order valence-electron chi connectivity index (χ0n) is 15.0. The lowest BCUT2D eigenvalue weighted by molar-refractivity contribution is 0.0950. The number of aromatic nitrogens is 2. The number of carbonyl (C=O) groups excluding carboxylic acids is 2. The lowest BCUT2D eigenvalue weighted by Crippen LogP contribution is -2.23. The second-order valence-electron chi connectivity index (χ2n) is 5.77. The molecule has 1 aromatic carbocycles. The van der Waals surface area contributed by atoms with Gasteiger partial charge in [0.05, 0.1) is 12.8 Å². The van der Waals surface area contributed by atoms with Crippen molar-refractivity contribution < 1.29 is 14.3 Å². The summed E-state index contributed by atoms with van der Waals surface area (Å²) in [5, 5.41) is 5.92. The number of nitrogens with one attached hydrogen (secondary N) is 2. The molecule has 0 spiro atoms. The summed E-state index contributed by atoms with van der Waals surface area (Å²) in [6.45, 7) is 0.330. The molecule has 0 saturated heterocycles. The Morgan fingerprint density at radius 1 is 1.11 bits per heavy atom. The summed E-state index contributed by atoms with van der Waals surface area (Å²) in [5.41, 5.74) is 1.70. The summed E-state index contributed by atoms with van der Waals surface area (Å²) in [4.78, 5) is 32.9. The molecule has 2 N–H and O–H groups in total. The van der Waals surface area contributed by atoms with Crippen LogP contribution in [0.15, 0.2) is 61.1 Å². The number of ether oxygens (including phenoxy) is 1. The van der Waals surface area contributed by atoms with Crippen LogP contribution in [-0.2, 0) is 6.54 Å². The van der Waals surface area contributed by atoms with Gasteiger partial charge in [-0.25, -0.2) is 0 Å². The number of nitrogens with zero attached hydrogens (tertiary/aromatic N) is 2. The van der Waals surface area contributed by atoms with Gasteiger partial charge >= 0.3 is 0 Å². The monoisotopic (exact) mass is 396 g/mol. The summed E-state index contributed by atoms with van der Waals surface area (Å²) in [6.07, 6.45) is 4.74. The van der Waals surface area contributed by atoms with E-state index in [0.29, 0.717) is 28.6 Å². The highest BCUT2D eigenvalue weighted by atomic mass is 35.5. The molecule has 0 aliphatic heterocycles. The molecule has 0 aliphatic carbocycles. The van der Waals surface area contributed by atoms with E-state index in [4.69, 9.17) is 16.3 Å². The van der Waals surface area contributed by atoms with Gasteiger partial charge in [0.25, 0.3) is 11.8 Å². The van der Waals surface area contributed by atoms with Gasteiger partial charge in [-0.15, -0.1) is 0 Å². The third-order valence-corrected chi connectivity index (χ3v) is 4.08. The van der Waals surface area contributed by atoms with E-state index in [1.54, 1.807) is 36.7 Å². The molecule has 3 rings (SSSR count). The highest BCUT2D eigenvalue weighted by Gasteiger charge is 2.14. The van der Waals surface area contributed by atoms with Gasteiger partial charge < -0.3 is 15.4 Å². The van der Waals surface area contributed by atoms with Crippen molar-refractivity contribution in [2.24, 2.45) is 0 Å². The van der Waals surface area contributed by atoms with Crippen molar-refractivity contribution in [2.75, 3.05) is 12.4 Å². The summed E-state index contributed by atoms with van der Waals surface area (Å²) in [5.74, 6) is -0.341. The van der Waals surface area contributed by atoms with E-state index < -0.39 is 5.91 Å². The van der Waals surface area contributed by atoms with Crippen LogP contribution >= 0.6 is 11.6 Å². The third-order valence-electron chi connectivity index (χ3n) is 3.84. The molecule has 2 aromatic heterocycles. The predicted octanol–water partition coefficient (Wildman–Crippen LogP) is 3.32. The predicted molar refractivity (Wildman–Crippen MR) is 106 cm³/mol. The zero-order valence-corrected chi connectivity index (χ0v) is 15.7. The Bertz CT molecular complexity index is 996. The van der Waals surface area contributed by atoms with Crippen molar-refractivity contribution in [3.05, 3.63) is 82.9 Å². The molecule has 0 bridgehead atoms. The number of carbonyl (C=O) groups is 2. The fourth-order valence-corrected chi connectivity index (χ4v) is 2.62. The number of hydrogen-bond acceptors (Lipinski definition) is 5. The number of halogens is 1. The average Bonchev–Trinajstić information content (AvgIpc) is 2.73. The maximum Gasteiger partial charge on any atom is 0.274 e. The smallest absolute Gasteiger partial charge is 0.274 e. The van der Waals surface area contributed by atoms with Crippen LogP contribution in [-0.4, -0.2) is 28.9 Å². The summed E-state index contributed by atoms with van der Waals surface area (Å²) in [7, 11) is 1.49. The Kier molecular flexibility index (Phi) is 6.18. The van der Waals surface area contributed by atoms with E-state index in [1.165, 1.54) is 25.4 Å². The average molecular weight is 397 g/mol. The normalized spacial score (nSPS) is 10.2. The second kappa shape index (κ2) is 8.96. The highest BCUT2D eigenvalue weighted by Crippen LogP contribution is 2.28. The number of anilines is 1. The van der Waals surface area contributed by atoms with E-state index in [1.807, 2.05) is 6.07 Å². The molecule has 28 heavy (non-hydrogen) atoms. The molecule has 142 valence electrons. The Labute approximate surface area is 166 Å². The maximum absolute atomic E-state index is 12.5. The van der Waals surface area contributed by atoms with Gasteiger partial charge in [-0.2, -0.15) is 0 Å².